The molecule has 2 aromatic heterocycles. The van der Waals surface area contributed by atoms with Crippen LogP contribution < -0.4 is 9.80 Å². The number of piperidine rings is 1. The maximum Gasteiger partial charge on any atom is 0.337 e. The summed E-state index contributed by atoms with van der Waals surface area (Å²) in [6.07, 6.45) is 3.75. The van der Waals surface area contributed by atoms with Crippen LogP contribution in [0.2, 0.25) is 0 Å². The van der Waals surface area contributed by atoms with Crippen LogP contribution in [0.4, 0.5) is 11.5 Å². The smallest absolute Gasteiger partial charge is 0.337 e. The molecule has 1 N–H and O–H groups in total. The van der Waals surface area contributed by atoms with Crippen LogP contribution in [-0.4, -0.2) is 46.3 Å². The highest BCUT2D eigenvalue weighted by Crippen LogP contribution is 2.45. The van der Waals surface area contributed by atoms with E-state index in [-0.39, 0.29) is 5.41 Å². The van der Waals surface area contributed by atoms with Crippen molar-refractivity contribution >= 4 is 28.2 Å². The molecule has 236 valence electrons. The van der Waals surface area contributed by atoms with Gasteiger partial charge in [0, 0.05) is 60.3 Å². The van der Waals surface area contributed by atoms with Crippen LogP contribution in [0.1, 0.15) is 81.6 Å². The molecule has 0 bridgehead atoms. The number of ether oxygens (including phenoxy) is 1. The standard InChI is InChI=1S/C38H46N4O3/c1-24-31(28-12-13-29-23-42(19-15-27(29)22-28)35-30-11-9-8-10-26(30)14-18-39-35)33(41-20-16-38(6,7)17-21-41)32(25(2)40-24)34(36(43)44)45-37(3,4)5/h8-14,18,22,34H,15-17,19-21,23H2,1-7H3,(H,43,44). The van der Waals surface area contributed by atoms with Crippen LogP contribution in [0.25, 0.3) is 21.9 Å². The number of hydrogen-bond acceptors (Lipinski definition) is 6. The minimum atomic E-state index is -1.12. The molecule has 1 saturated heterocycles. The molecule has 1 atom stereocenters. The summed E-state index contributed by atoms with van der Waals surface area (Å²) in [4.78, 5) is 27.4. The predicted molar refractivity (Wildman–Crippen MR) is 182 cm³/mol. The van der Waals surface area contributed by atoms with E-state index in [1.165, 1.54) is 21.9 Å². The summed E-state index contributed by atoms with van der Waals surface area (Å²) in [6, 6.07) is 17.2. The Morgan fingerprint density at radius 3 is 2.40 bits per heavy atom. The van der Waals surface area contributed by atoms with E-state index < -0.39 is 17.7 Å². The van der Waals surface area contributed by atoms with Crippen molar-refractivity contribution in [3.63, 3.8) is 0 Å². The van der Waals surface area contributed by atoms with Crippen LogP contribution >= 0.6 is 0 Å². The van der Waals surface area contributed by atoms with Crippen molar-refractivity contribution in [2.24, 2.45) is 5.41 Å². The molecule has 45 heavy (non-hydrogen) atoms. The van der Waals surface area contributed by atoms with Gasteiger partial charge in [0.25, 0.3) is 0 Å². The number of benzene rings is 2. The second-order valence-corrected chi connectivity index (χ2v) is 14.5. The van der Waals surface area contributed by atoms with Gasteiger partial charge in [0.2, 0.25) is 0 Å². The van der Waals surface area contributed by atoms with Crippen LogP contribution in [-0.2, 0) is 22.5 Å². The molecule has 1 unspecified atom stereocenters. The van der Waals surface area contributed by atoms with Gasteiger partial charge >= 0.3 is 5.97 Å². The van der Waals surface area contributed by atoms with E-state index in [9.17, 15) is 9.90 Å². The first-order valence-electron chi connectivity index (χ1n) is 16.2. The molecule has 4 aromatic rings. The Morgan fingerprint density at radius 1 is 0.956 bits per heavy atom. The Morgan fingerprint density at radius 2 is 1.69 bits per heavy atom. The van der Waals surface area contributed by atoms with Crippen LogP contribution in [0.3, 0.4) is 0 Å². The second-order valence-electron chi connectivity index (χ2n) is 14.5. The van der Waals surface area contributed by atoms with E-state index in [4.69, 9.17) is 14.7 Å². The highest BCUT2D eigenvalue weighted by Gasteiger charge is 2.36. The fraction of sp³-hybridized carbons (Fsp3) is 0.447. The van der Waals surface area contributed by atoms with Crippen LogP contribution in [0.15, 0.2) is 54.7 Å². The summed E-state index contributed by atoms with van der Waals surface area (Å²) in [6.45, 7) is 17.7. The third kappa shape index (κ3) is 6.28. The average molecular weight is 607 g/mol. The first-order chi connectivity index (χ1) is 21.3. The topological polar surface area (TPSA) is 78.8 Å². The zero-order chi connectivity index (χ0) is 32.1. The van der Waals surface area contributed by atoms with E-state index in [2.05, 4.69) is 79.1 Å². The van der Waals surface area contributed by atoms with Crippen molar-refractivity contribution in [3.05, 3.63) is 82.8 Å². The van der Waals surface area contributed by atoms with Gasteiger partial charge in [0.15, 0.2) is 6.10 Å². The summed E-state index contributed by atoms with van der Waals surface area (Å²) in [5.41, 5.74) is 7.56. The molecule has 0 saturated carbocycles. The molecule has 2 aliphatic rings. The molecule has 0 amide bonds. The van der Waals surface area contributed by atoms with Crippen molar-refractivity contribution in [1.29, 1.82) is 0 Å². The number of carbonyl (C=O) groups is 1. The zero-order valence-electron chi connectivity index (χ0n) is 27.8. The molecule has 7 heteroatoms. The van der Waals surface area contributed by atoms with E-state index >= 15 is 0 Å². The largest absolute Gasteiger partial charge is 0.479 e. The molecule has 4 heterocycles. The maximum absolute atomic E-state index is 12.8. The van der Waals surface area contributed by atoms with Crippen LogP contribution in [0, 0.1) is 19.3 Å². The lowest BCUT2D eigenvalue weighted by atomic mass is 9.81. The molecular weight excluding hydrogens is 560 g/mol. The minimum Gasteiger partial charge on any atom is -0.479 e. The van der Waals surface area contributed by atoms with Gasteiger partial charge in [-0.25, -0.2) is 9.78 Å². The normalized spacial score (nSPS) is 17.3. The lowest BCUT2D eigenvalue weighted by Crippen LogP contribution is -2.39. The quantitative estimate of drug-likeness (QED) is 0.238. The van der Waals surface area contributed by atoms with Gasteiger partial charge in [-0.2, -0.15) is 0 Å². The Bertz CT molecular complexity index is 1740. The molecule has 6 rings (SSSR count). The number of aromatic nitrogens is 2. The van der Waals surface area contributed by atoms with Crippen molar-refractivity contribution < 1.29 is 14.6 Å². The van der Waals surface area contributed by atoms with E-state index in [1.807, 2.05) is 33.9 Å². The number of carboxylic acid groups (broad SMARTS) is 1. The third-order valence-electron chi connectivity index (χ3n) is 9.43. The zero-order valence-corrected chi connectivity index (χ0v) is 27.8. The van der Waals surface area contributed by atoms with Gasteiger partial charge in [0.05, 0.1) is 11.3 Å². The summed E-state index contributed by atoms with van der Waals surface area (Å²) < 4.78 is 6.27. The summed E-state index contributed by atoms with van der Waals surface area (Å²) in [5, 5.41) is 12.9. The highest BCUT2D eigenvalue weighted by atomic mass is 16.5. The predicted octanol–water partition coefficient (Wildman–Crippen LogP) is 8.04. The Labute approximate surface area is 267 Å². The number of anilines is 2. The molecule has 0 aliphatic carbocycles. The van der Waals surface area contributed by atoms with Gasteiger partial charge in [-0.3, -0.25) is 4.98 Å². The summed E-state index contributed by atoms with van der Waals surface area (Å²) in [5.74, 6) is 0.0377. The number of aliphatic carboxylic acids is 1. The molecular formula is C38H46N4O3. The highest BCUT2D eigenvalue weighted by molar-refractivity contribution is 5.92. The lowest BCUT2D eigenvalue weighted by Gasteiger charge is -2.41. The molecule has 7 nitrogen and oxygen atoms in total. The average Bonchev–Trinajstić information content (AvgIpc) is 2.98. The third-order valence-corrected chi connectivity index (χ3v) is 9.43. The van der Waals surface area contributed by atoms with Gasteiger partial charge in [-0.15, -0.1) is 0 Å². The van der Waals surface area contributed by atoms with Crippen molar-refractivity contribution in [1.82, 2.24) is 9.97 Å². The fourth-order valence-corrected chi connectivity index (χ4v) is 7.00. The van der Waals surface area contributed by atoms with E-state index in [0.717, 1.165) is 73.8 Å². The van der Waals surface area contributed by atoms with E-state index in [0.29, 0.717) is 11.3 Å². The van der Waals surface area contributed by atoms with Crippen LogP contribution in [0.5, 0.6) is 0 Å². The fourth-order valence-electron chi connectivity index (χ4n) is 7.00. The lowest BCUT2D eigenvalue weighted by molar-refractivity contribution is -0.160. The number of nitrogens with zero attached hydrogens (tertiary/aromatic N) is 4. The van der Waals surface area contributed by atoms with Crippen molar-refractivity contribution in [3.8, 4) is 11.1 Å². The summed E-state index contributed by atoms with van der Waals surface area (Å²) in [7, 11) is 0. The molecule has 1 fully saturated rings. The summed E-state index contributed by atoms with van der Waals surface area (Å²) >= 11 is 0. The number of hydrogen-bond donors (Lipinski definition) is 1. The first kappa shape index (κ1) is 31.0. The minimum absolute atomic E-state index is 0.249. The molecule has 2 aliphatic heterocycles. The number of fused-ring (bicyclic) bond motifs is 2. The molecule has 2 aromatic carbocycles. The Balaban J connectivity index is 1.44. The monoisotopic (exact) mass is 606 g/mol. The van der Waals surface area contributed by atoms with Gasteiger partial charge in [-0.05, 0) is 87.4 Å². The maximum atomic E-state index is 12.8. The SMILES string of the molecule is Cc1nc(C)c(C(OC(C)(C)C)C(=O)O)c(N2CCC(C)(C)CC2)c1-c1ccc2c(c1)CCN(c1nccc3ccccc13)C2. The Hall–Kier alpha value is -3.97. The second kappa shape index (κ2) is 11.8. The van der Waals surface area contributed by atoms with Crippen molar-refractivity contribution in [2.75, 3.05) is 29.4 Å². The number of pyridine rings is 2. The Kier molecular flexibility index (Phi) is 8.10. The van der Waals surface area contributed by atoms with Gasteiger partial charge in [0.1, 0.15) is 5.82 Å². The van der Waals surface area contributed by atoms with Gasteiger partial charge < -0.3 is 19.6 Å². The van der Waals surface area contributed by atoms with Crippen molar-refractivity contribution in [2.45, 2.75) is 86.0 Å². The molecule has 0 spiro atoms. The molecule has 0 radical (unpaired) electrons. The van der Waals surface area contributed by atoms with E-state index in [1.54, 1.807) is 0 Å². The number of aryl methyl sites for hydroxylation is 2. The number of rotatable bonds is 6. The van der Waals surface area contributed by atoms with Gasteiger partial charge in [-0.1, -0.05) is 56.3 Å². The first-order valence-corrected chi connectivity index (χ1v) is 16.2. The number of carboxylic acids is 1.